The van der Waals surface area contributed by atoms with Crippen molar-refractivity contribution < 1.29 is 28.3 Å². The van der Waals surface area contributed by atoms with Crippen LogP contribution in [-0.4, -0.2) is 39.7 Å². The molecule has 0 bridgehead atoms. The van der Waals surface area contributed by atoms with E-state index in [0.29, 0.717) is 54.1 Å². The van der Waals surface area contributed by atoms with Crippen LogP contribution >= 0.6 is 34.8 Å². The molecule has 1 fully saturated rings. The predicted molar refractivity (Wildman–Crippen MR) is 178 cm³/mol. The minimum atomic E-state index is -0.745. The molecular weight excluding hydrogens is 665 g/mol. The second kappa shape index (κ2) is 13.0. The van der Waals surface area contributed by atoms with Crippen molar-refractivity contribution >= 4 is 57.8 Å². The summed E-state index contributed by atoms with van der Waals surface area (Å²) in [5.41, 5.74) is 2.69. The van der Waals surface area contributed by atoms with E-state index >= 15 is 0 Å². The summed E-state index contributed by atoms with van der Waals surface area (Å²) in [7, 11) is 1.27. The van der Waals surface area contributed by atoms with Gasteiger partial charge in [-0.05, 0) is 70.0 Å². The van der Waals surface area contributed by atoms with Gasteiger partial charge < -0.3 is 18.7 Å². The lowest BCUT2D eigenvalue weighted by Crippen LogP contribution is -2.27. The molecule has 240 valence electrons. The van der Waals surface area contributed by atoms with E-state index in [2.05, 4.69) is 22.1 Å². The summed E-state index contributed by atoms with van der Waals surface area (Å²) in [6.07, 6.45) is 2.74. The SMILES string of the molecule is COC(=O)c1cc(C#Cc2ccc(OCc3c(-c4c(Cl)cccc4Cl)noc3C3CC3)cc2Cl)cc2c1cnn2C(=O)OC(C)(C)C. The summed E-state index contributed by atoms with van der Waals surface area (Å²) < 4.78 is 23.4. The molecule has 0 N–H and O–H groups in total. The second-order valence-electron chi connectivity index (χ2n) is 11.9. The molecule has 2 heterocycles. The quantitative estimate of drug-likeness (QED) is 0.128. The number of hydrogen-bond acceptors (Lipinski definition) is 8. The number of esters is 1. The molecule has 2 aromatic heterocycles. The fraction of sp³-hybridized carbons (Fsp3) is 0.257. The molecule has 12 heteroatoms. The maximum atomic E-state index is 12.8. The molecule has 0 spiro atoms. The number of rotatable bonds is 6. The lowest BCUT2D eigenvalue weighted by atomic mass is 10.0. The van der Waals surface area contributed by atoms with Crippen molar-refractivity contribution in [1.29, 1.82) is 0 Å². The first-order chi connectivity index (χ1) is 22.4. The Kier molecular flexibility index (Phi) is 8.95. The molecule has 0 amide bonds. The lowest BCUT2D eigenvalue weighted by molar-refractivity contribution is 0.0521. The molecule has 1 saturated carbocycles. The number of nitrogens with zero attached hydrogens (tertiary/aromatic N) is 3. The Morgan fingerprint density at radius 3 is 2.43 bits per heavy atom. The third kappa shape index (κ3) is 6.96. The van der Waals surface area contributed by atoms with Crippen LogP contribution in [0.3, 0.4) is 0 Å². The number of carbonyl (C=O) groups excluding carboxylic acids is 2. The molecule has 6 rings (SSSR count). The Balaban J connectivity index is 1.27. The van der Waals surface area contributed by atoms with Crippen LogP contribution < -0.4 is 4.74 Å². The fourth-order valence-corrected chi connectivity index (χ4v) is 5.75. The summed E-state index contributed by atoms with van der Waals surface area (Å²) in [5.74, 6) is 7.03. The zero-order valence-corrected chi connectivity index (χ0v) is 28.1. The van der Waals surface area contributed by atoms with Crippen LogP contribution in [0.5, 0.6) is 5.75 Å². The van der Waals surface area contributed by atoms with Gasteiger partial charge in [-0.25, -0.2) is 9.59 Å². The van der Waals surface area contributed by atoms with Gasteiger partial charge in [-0.2, -0.15) is 9.78 Å². The minimum Gasteiger partial charge on any atom is -0.489 e. The molecule has 0 aliphatic heterocycles. The monoisotopic (exact) mass is 691 g/mol. The van der Waals surface area contributed by atoms with Gasteiger partial charge in [0.2, 0.25) is 0 Å². The van der Waals surface area contributed by atoms with Crippen molar-refractivity contribution in [3.63, 3.8) is 0 Å². The first kappa shape index (κ1) is 32.5. The number of methoxy groups -OCH3 is 1. The number of halogens is 3. The van der Waals surface area contributed by atoms with Gasteiger partial charge in [-0.1, -0.05) is 57.9 Å². The van der Waals surface area contributed by atoms with Crippen molar-refractivity contribution in [3.05, 3.63) is 97.8 Å². The van der Waals surface area contributed by atoms with E-state index in [9.17, 15) is 9.59 Å². The normalized spacial score (nSPS) is 12.8. The molecule has 0 radical (unpaired) electrons. The molecule has 0 atom stereocenters. The largest absolute Gasteiger partial charge is 0.489 e. The van der Waals surface area contributed by atoms with Crippen LogP contribution in [0, 0.1) is 11.8 Å². The second-order valence-corrected chi connectivity index (χ2v) is 13.1. The Morgan fingerprint density at radius 1 is 1.02 bits per heavy atom. The van der Waals surface area contributed by atoms with Crippen molar-refractivity contribution in [3.8, 4) is 28.8 Å². The highest BCUT2D eigenvalue weighted by atomic mass is 35.5. The molecular formula is C35H28Cl3N3O6. The molecule has 1 aliphatic rings. The van der Waals surface area contributed by atoms with Crippen LogP contribution in [0.4, 0.5) is 4.79 Å². The highest BCUT2D eigenvalue weighted by molar-refractivity contribution is 6.39. The summed E-state index contributed by atoms with van der Waals surface area (Å²) in [6, 6.07) is 13.7. The van der Waals surface area contributed by atoms with Crippen LogP contribution in [0.25, 0.3) is 22.2 Å². The van der Waals surface area contributed by atoms with Crippen molar-refractivity contribution in [2.24, 2.45) is 0 Å². The summed E-state index contributed by atoms with van der Waals surface area (Å²) in [6.45, 7) is 5.42. The third-order valence-corrected chi connectivity index (χ3v) is 8.23. The van der Waals surface area contributed by atoms with Gasteiger partial charge in [0.05, 0.1) is 45.0 Å². The average molecular weight is 693 g/mol. The topological polar surface area (TPSA) is 106 Å². The average Bonchev–Trinajstić information content (AvgIpc) is 3.64. The highest BCUT2D eigenvalue weighted by Crippen LogP contribution is 2.46. The van der Waals surface area contributed by atoms with Gasteiger partial charge in [0.1, 0.15) is 29.4 Å². The van der Waals surface area contributed by atoms with E-state index in [0.717, 1.165) is 28.8 Å². The molecule has 0 saturated heterocycles. The van der Waals surface area contributed by atoms with Gasteiger partial charge in [0.25, 0.3) is 0 Å². The number of hydrogen-bond donors (Lipinski definition) is 0. The molecule has 3 aromatic carbocycles. The number of benzene rings is 3. The number of carbonyl (C=O) groups is 2. The maximum Gasteiger partial charge on any atom is 0.435 e. The Bertz CT molecular complexity index is 2080. The van der Waals surface area contributed by atoms with Gasteiger partial charge in [-0.3, -0.25) is 0 Å². The Hall–Kier alpha value is -4.49. The summed E-state index contributed by atoms with van der Waals surface area (Å²) >= 11 is 19.6. The maximum absolute atomic E-state index is 12.8. The van der Waals surface area contributed by atoms with Gasteiger partial charge >= 0.3 is 12.1 Å². The van der Waals surface area contributed by atoms with Gasteiger partial charge in [0.15, 0.2) is 0 Å². The van der Waals surface area contributed by atoms with E-state index in [1.807, 2.05) is 0 Å². The lowest BCUT2D eigenvalue weighted by Gasteiger charge is -2.19. The van der Waals surface area contributed by atoms with Crippen LogP contribution in [0.15, 0.2) is 59.3 Å². The van der Waals surface area contributed by atoms with E-state index < -0.39 is 17.7 Å². The Labute approximate surface area is 285 Å². The summed E-state index contributed by atoms with van der Waals surface area (Å²) in [5, 5.41) is 10.2. The minimum absolute atomic E-state index is 0.162. The Morgan fingerprint density at radius 2 is 1.77 bits per heavy atom. The number of aromatic nitrogens is 3. The van der Waals surface area contributed by atoms with Crippen molar-refractivity contribution in [2.45, 2.75) is 51.7 Å². The predicted octanol–water partition coefficient (Wildman–Crippen LogP) is 9.08. The van der Waals surface area contributed by atoms with Crippen LogP contribution in [0.2, 0.25) is 15.1 Å². The van der Waals surface area contributed by atoms with Crippen molar-refractivity contribution in [1.82, 2.24) is 14.9 Å². The summed E-state index contributed by atoms with van der Waals surface area (Å²) in [4.78, 5) is 25.4. The molecule has 9 nitrogen and oxygen atoms in total. The molecule has 0 unspecified atom stereocenters. The third-order valence-electron chi connectivity index (χ3n) is 7.29. The van der Waals surface area contributed by atoms with Gasteiger partial charge in [0, 0.05) is 34.1 Å². The van der Waals surface area contributed by atoms with Crippen molar-refractivity contribution in [2.75, 3.05) is 7.11 Å². The van der Waals surface area contributed by atoms with E-state index in [4.69, 9.17) is 53.5 Å². The molecule has 47 heavy (non-hydrogen) atoms. The first-order valence-electron chi connectivity index (χ1n) is 14.6. The smallest absolute Gasteiger partial charge is 0.435 e. The van der Waals surface area contributed by atoms with E-state index in [1.165, 1.54) is 13.3 Å². The molecule has 1 aliphatic carbocycles. The number of ether oxygens (including phenoxy) is 3. The van der Waals surface area contributed by atoms with E-state index in [1.54, 1.807) is 69.3 Å². The highest BCUT2D eigenvalue weighted by Gasteiger charge is 2.33. The number of fused-ring (bicyclic) bond motifs is 1. The van der Waals surface area contributed by atoms with E-state index in [-0.39, 0.29) is 18.1 Å². The van der Waals surface area contributed by atoms with Crippen LogP contribution in [0.1, 0.15) is 72.3 Å². The molecule has 5 aromatic rings. The standard InChI is InChI=1S/C35H28Cl3N3O6/c1-35(2,3)46-34(43)41-29-15-19(14-23(33(42)44-4)24(29)17-39-41)8-9-20-12-13-22(16-28(20)38)45-18-25-31(40-47-32(25)21-10-11-21)30-26(36)6-5-7-27(30)37/h5-7,12-17,21H,10-11,18H2,1-4H3. The first-order valence-corrected chi connectivity index (χ1v) is 15.8. The zero-order valence-electron chi connectivity index (χ0n) is 25.8. The fourth-order valence-electron chi connectivity index (χ4n) is 4.96. The van der Waals surface area contributed by atoms with Crippen LogP contribution in [-0.2, 0) is 16.1 Å². The zero-order chi connectivity index (χ0) is 33.5. The van der Waals surface area contributed by atoms with Gasteiger partial charge in [-0.15, -0.1) is 0 Å².